The molecule has 1 heterocycles. The van der Waals surface area contributed by atoms with Gasteiger partial charge in [0.25, 0.3) is 0 Å². The summed E-state index contributed by atoms with van der Waals surface area (Å²) in [5.41, 5.74) is 3.56. The van der Waals surface area contributed by atoms with Crippen LogP contribution in [0.1, 0.15) is 43.0 Å². The predicted molar refractivity (Wildman–Crippen MR) is 79.7 cm³/mol. The van der Waals surface area contributed by atoms with Crippen LogP contribution in [0.4, 0.5) is 0 Å². The van der Waals surface area contributed by atoms with Crippen LogP contribution in [-0.2, 0) is 6.42 Å². The van der Waals surface area contributed by atoms with E-state index in [0.717, 1.165) is 24.9 Å². The molecule has 0 fully saturated rings. The van der Waals surface area contributed by atoms with Crippen LogP contribution >= 0.6 is 11.6 Å². The average molecular weight is 278 g/mol. The number of hydrogen-bond acceptors (Lipinski definition) is 2. The molecular formula is C16H20ClNO. The molecular weight excluding hydrogens is 258 g/mol. The van der Waals surface area contributed by atoms with Crippen molar-refractivity contribution >= 4 is 11.6 Å². The Morgan fingerprint density at radius 2 is 1.89 bits per heavy atom. The third-order valence-corrected chi connectivity index (χ3v) is 3.58. The number of hydrogen-bond donors (Lipinski definition) is 1. The van der Waals surface area contributed by atoms with Crippen molar-refractivity contribution in [3.05, 3.63) is 58.5 Å². The van der Waals surface area contributed by atoms with E-state index in [9.17, 15) is 0 Å². The van der Waals surface area contributed by atoms with Crippen molar-refractivity contribution in [2.24, 2.45) is 0 Å². The van der Waals surface area contributed by atoms with Gasteiger partial charge in [0, 0.05) is 5.56 Å². The van der Waals surface area contributed by atoms with E-state index in [-0.39, 0.29) is 6.04 Å². The van der Waals surface area contributed by atoms with Gasteiger partial charge in [-0.1, -0.05) is 38.1 Å². The number of furan rings is 1. The minimum absolute atomic E-state index is 0.0945. The van der Waals surface area contributed by atoms with E-state index >= 15 is 0 Å². The summed E-state index contributed by atoms with van der Waals surface area (Å²) in [5, 5.41) is 3.99. The van der Waals surface area contributed by atoms with E-state index < -0.39 is 0 Å². The van der Waals surface area contributed by atoms with Crippen LogP contribution in [-0.4, -0.2) is 6.54 Å². The lowest BCUT2D eigenvalue weighted by molar-refractivity contribution is 0.550. The number of aryl methyl sites for hydroxylation is 1. The van der Waals surface area contributed by atoms with Gasteiger partial charge in [-0.05, 0) is 48.2 Å². The highest BCUT2D eigenvalue weighted by Crippen LogP contribution is 2.29. The average Bonchev–Trinajstić information content (AvgIpc) is 2.86. The Morgan fingerprint density at radius 3 is 2.42 bits per heavy atom. The molecule has 102 valence electrons. The third-order valence-electron chi connectivity index (χ3n) is 3.28. The van der Waals surface area contributed by atoms with Crippen LogP contribution in [0.5, 0.6) is 0 Å². The zero-order valence-electron chi connectivity index (χ0n) is 11.4. The molecule has 1 atom stereocenters. The lowest BCUT2D eigenvalue weighted by Crippen LogP contribution is -2.23. The third kappa shape index (κ3) is 3.40. The summed E-state index contributed by atoms with van der Waals surface area (Å²) < 4.78 is 5.22. The largest absolute Gasteiger partial charge is 0.453 e. The van der Waals surface area contributed by atoms with E-state index in [2.05, 4.69) is 43.4 Å². The smallest absolute Gasteiger partial charge is 0.198 e. The highest BCUT2D eigenvalue weighted by atomic mass is 35.5. The summed E-state index contributed by atoms with van der Waals surface area (Å²) in [5.74, 6) is 0. The fourth-order valence-corrected chi connectivity index (χ4v) is 2.38. The molecule has 0 bridgehead atoms. The highest BCUT2D eigenvalue weighted by molar-refractivity contribution is 6.29. The second-order valence-corrected chi connectivity index (χ2v) is 4.98. The summed E-state index contributed by atoms with van der Waals surface area (Å²) >= 11 is 6.12. The topological polar surface area (TPSA) is 25.2 Å². The van der Waals surface area contributed by atoms with Gasteiger partial charge in [0.1, 0.15) is 0 Å². The highest BCUT2D eigenvalue weighted by Gasteiger charge is 2.18. The monoisotopic (exact) mass is 277 g/mol. The molecule has 2 nitrogen and oxygen atoms in total. The molecule has 0 saturated heterocycles. The van der Waals surface area contributed by atoms with Gasteiger partial charge in [-0.15, -0.1) is 0 Å². The van der Waals surface area contributed by atoms with Crippen LogP contribution in [0, 0.1) is 0 Å². The summed E-state index contributed by atoms with van der Waals surface area (Å²) in [6.45, 7) is 5.26. The SMILES string of the molecule is CCCNC(c1ccc(CC)cc1)c1ccoc1Cl. The second kappa shape index (κ2) is 6.78. The van der Waals surface area contributed by atoms with E-state index in [1.807, 2.05) is 6.07 Å². The van der Waals surface area contributed by atoms with Gasteiger partial charge in [-0.3, -0.25) is 0 Å². The molecule has 2 rings (SSSR count). The number of nitrogens with one attached hydrogen (secondary N) is 1. The van der Waals surface area contributed by atoms with Crippen LogP contribution in [0.2, 0.25) is 5.22 Å². The summed E-state index contributed by atoms with van der Waals surface area (Å²) in [4.78, 5) is 0. The molecule has 1 aromatic carbocycles. The number of halogens is 1. The lowest BCUT2D eigenvalue weighted by Gasteiger charge is -2.18. The van der Waals surface area contributed by atoms with Crippen molar-refractivity contribution in [3.8, 4) is 0 Å². The van der Waals surface area contributed by atoms with Crippen molar-refractivity contribution in [2.45, 2.75) is 32.7 Å². The van der Waals surface area contributed by atoms with E-state index in [1.165, 1.54) is 11.1 Å². The second-order valence-electron chi connectivity index (χ2n) is 4.63. The first-order chi connectivity index (χ1) is 9.26. The van der Waals surface area contributed by atoms with E-state index in [1.54, 1.807) is 6.26 Å². The van der Waals surface area contributed by atoms with Gasteiger partial charge in [0.05, 0.1) is 12.3 Å². The fourth-order valence-electron chi connectivity index (χ4n) is 2.15. The van der Waals surface area contributed by atoms with Gasteiger partial charge < -0.3 is 9.73 Å². The molecule has 0 aliphatic rings. The van der Waals surface area contributed by atoms with Crippen LogP contribution in [0.25, 0.3) is 0 Å². The summed E-state index contributed by atoms with van der Waals surface area (Å²) in [6, 6.07) is 10.7. The lowest BCUT2D eigenvalue weighted by atomic mass is 9.99. The molecule has 1 N–H and O–H groups in total. The van der Waals surface area contributed by atoms with Crippen molar-refractivity contribution in [2.75, 3.05) is 6.54 Å². The molecule has 0 amide bonds. The minimum atomic E-state index is 0.0945. The minimum Gasteiger partial charge on any atom is -0.453 e. The molecule has 0 aliphatic heterocycles. The molecule has 1 unspecified atom stereocenters. The zero-order chi connectivity index (χ0) is 13.7. The van der Waals surface area contributed by atoms with Crippen LogP contribution in [0.3, 0.4) is 0 Å². The first-order valence-corrected chi connectivity index (χ1v) is 7.19. The van der Waals surface area contributed by atoms with Gasteiger partial charge in [-0.2, -0.15) is 0 Å². The maximum absolute atomic E-state index is 6.12. The molecule has 3 heteroatoms. The Morgan fingerprint density at radius 1 is 1.16 bits per heavy atom. The fraction of sp³-hybridized carbons (Fsp3) is 0.375. The zero-order valence-corrected chi connectivity index (χ0v) is 12.2. The molecule has 0 saturated carbocycles. The van der Waals surface area contributed by atoms with Crippen molar-refractivity contribution in [1.29, 1.82) is 0 Å². The molecule has 19 heavy (non-hydrogen) atoms. The van der Waals surface area contributed by atoms with E-state index in [4.69, 9.17) is 16.0 Å². The van der Waals surface area contributed by atoms with Gasteiger partial charge in [0.2, 0.25) is 0 Å². The van der Waals surface area contributed by atoms with Crippen LogP contribution < -0.4 is 5.32 Å². The van der Waals surface area contributed by atoms with E-state index in [0.29, 0.717) is 5.22 Å². The summed E-state index contributed by atoms with van der Waals surface area (Å²) in [7, 11) is 0. The van der Waals surface area contributed by atoms with Gasteiger partial charge in [0.15, 0.2) is 5.22 Å². The predicted octanol–water partition coefficient (Wildman–Crippen LogP) is 4.58. The normalized spacial score (nSPS) is 12.6. The molecule has 1 aromatic heterocycles. The maximum atomic E-state index is 6.12. The van der Waals surface area contributed by atoms with Crippen molar-refractivity contribution in [1.82, 2.24) is 5.32 Å². The Kier molecular flexibility index (Phi) is 5.06. The quantitative estimate of drug-likeness (QED) is 0.836. The first kappa shape index (κ1) is 14.2. The number of rotatable bonds is 6. The first-order valence-electron chi connectivity index (χ1n) is 6.81. The molecule has 0 aliphatic carbocycles. The Balaban J connectivity index is 2.28. The summed E-state index contributed by atoms with van der Waals surface area (Å²) in [6.07, 6.45) is 3.78. The van der Waals surface area contributed by atoms with Crippen LogP contribution in [0.15, 0.2) is 41.0 Å². The molecule has 0 radical (unpaired) electrons. The molecule has 2 aromatic rings. The van der Waals surface area contributed by atoms with Crippen molar-refractivity contribution < 1.29 is 4.42 Å². The standard InChI is InChI=1S/C16H20ClNO/c1-3-10-18-15(14-9-11-19-16(14)17)13-7-5-12(4-2)6-8-13/h5-9,11,15,18H,3-4,10H2,1-2H3. The Labute approximate surface area is 119 Å². The molecule has 0 spiro atoms. The number of benzene rings is 1. The maximum Gasteiger partial charge on any atom is 0.198 e. The Bertz CT molecular complexity index is 504. The van der Waals surface area contributed by atoms with Crippen molar-refractivity contribution in [3.63, 3.8) is 0 Å². The van der Waals surface area contributed by atoms with Gasteiger partial charge >= 0.3 is 0 Å². The Hall–Kier alpha value is -1.25. The van der Waals surface area contributed by atoms with Gasteiger partial charge in [-0.25, -0.2) is 0 Å².